The summed E-state index contributed by atoms with van der Waals surface area (Å²) >= 11 is 0. The molecule has 2 aromatic rings. The third kappa shape index (κ3) is 5.15. The Morgan fingerprint density at radius 3 is 2.58 bits per heavy atom. The van der Waals surface area contributed by atoms with Gasteiger partial charge in [-0.2, -0.15) is 5.10 Å². The molecule has 0 saturated carbocycles. The molecule has 1 saturated heterocycles. The molecular formula is C19H23FN4O2. The molecule has 2 heterocycles. The number of likely N-dealkylation sites (tertiary alicyclic amines) is 1. The molecule has 0 unspecified atom stereocenters. The summed E-state index contributed by atoms with van der Waals surface area (Å²) in [6.07, 6.45) is 1.78. The molecule has 1 fully saturated rings. The van der Waals surface area contributed by atoms with Gasteiger partial charge < -0.3 is 15.0 Å². The Balaban J connectivity index is 1.38. The highest BCUT2D eigenvalue weighted by molar-refractivity contribution is 5.74. The Labute approximate surface area is 152 Å². The lowest BCUT2D eigenvalue weighted by Gasteiger charge is -2.31. The van der Waals surface area contributed by atoms with Gasteiger partial charge in [-0.1, -0.05) is 12.1 Å². The highest BCUT2D eigenvalue weighted by Gasteiger charge is 2.23. The minimum atomic E-state index is -0.277. The number of benzene rings is 1. The number of aryl methyl sites for hydroxylation is 1. The molecule has 7 heteroatoms. The fraction of sp³-hybridized carbons (Fsp3) is 0.421. The third-order valence-corrected chi connectivity index (χ3v) is 4.50. The number of aromatic nitrogens is 2. The van der Waals surface area contributed by atoms with Crippen LogP contribution in [0.5, 0.6) is 5.88 Å². The molecule has 0 bridgehead atoms. The number of urea groups is 1. The second kappa shape index (κ2) is 8.60. The molecule has 1 aliphatic rings. The van der Waals surface area contributed by atoms with E-state index in [1.807, 2.05) is 24.0 Å². The number of hydrogen-bond acceptors (Lipinski definition) is 4. The van der Waals surface area contributed by atoms with Crippen molar-refractivity contribution in [2.24, 2.45) is 5.92 Å². The average molecular weight is 358 g/mol. The van der Waals surface area contributed by atoms with Gasteiger partial charge in [0.1, 0.15) is 5.82 Å². The quantitative estimate of drug-likeness (QED) is 0.892. The number of halogens is 1. The maximum Gasteiger partial charge on any atom is 0.317 e. The Kier molecular flexibility index (Phi) is 5.99. The number of hydrogen-bond donors (Lipinski definition) is 1. The standard InChI is InChI=1S/C19H23FN4O2/c1-14-2-7-18(23-22-14)26-13-16-8-10-24(11-9-16)19(25)21-12-15-3-5-17(20)6-4-15/h2-7,16H,8-13H2,1H3,(H,21,25). The van der Waals surface area contributed by atoms with E-state index < -0.39 is 0 Å². The average Bonchev–Trinajstić information content (AvgIpc) is 2.67. The molecule has 26 heavy (non-hydrogen) atoms. The molecule has 138 valence electrons. The number of nitrogens with one attached hydrogen (secondary N) is 1. The van der Waals surface area contributed by atoms with Gasteiger partial charge in [-0.05, 0) is 49.4 Å². The lowest BCUT2D eigenvalue weighted by molar-refractivity contribution is 0.142. The smallest absolute Gasteiger partial charge is 0.317 e. The van der Waals surface area contributed by atoms with E-state index >= 15 is 0 Å². The van der Waals surface area contributed by atoms with E-state index in [1.54, 1.807) is 12.1 Å². The number of carbonyl (C=O) groups excluding carboxylic acids is 1. The number of carbonyl (C=O) groups is 1. The van der Waals surface area contributed by atoms with Crippen molar-refractivity contribution >= 4 is 6.03 Å². The fourth-order valence-corrected chi connectivity index (χ4v) is 2.86. The first-order valence-corrected chi connectivity index (χ1v) is 8.80. The van der Waals surface area contributed by atoms with Crippen LogP contribution < -0.4 is 10.1 Å². The fourth-order valence-electron chi connectivity index (χ4n) is 2.86. The largest absolute Gasteiger partial charge is 0.476 e. The molecule has 0 radical (unpaired) electrons. The van der Waals surface area contributed by atoms with Gasteiger partial charge in [0, 0.05) is 25.7 Å². The zero-order valence-corrected chi connectivity index (χ0v) is 14.8. The van der Waals surface area contributed by atoms with E-state index in [2.05, 4.69) is 15.5 Å². The summed E-state index contributed by atoms with van der Waals surface area (Å²) in [6.45, 7) is 4.26. The molecule has 1 aliphatic heterocycles. The third-order valence-electron chi connectivity index (χ3n) is 4.50. The Hall–Kier alpha value is -2.70. The zero-order valence-electron chi connectivity index (χ0n) is 14.8. The van der Waals surface area contributed by atoms with Crippen molar-refractivity contribution < 1.29 is 13.9 Å². The predicted octanol–water partition coefficient (Wildman–Crippen LogP) is 2.92. The number of nitrogens with zero attached hydrogens (tertiary/aromatic N) is 3. The SMILES string of the molecule is Cc1ccc(OCC2CCN(C(=O)NCc3ccc(F)cc3)CC2)nn1. The lowest BCUT2D eigenvalue weighted by atomic mass is 9.98. The van der Waals surface area contributed by atoms with E-state index in [4.69, 9.17) is 4.74 Å². The van der Waals surface area contributed by atoms with E-state index in [-0.39, 0.29) is 11.8 Å². The van der Waals surface area contributed by atoms with Gasteiger partial charge >= 0.3 is 6.03 Å². The molecule has 3 rings (SSSR count). The number of rotatable bonds is 5. The van der Waals surface area contributed by atoms with Crippen LogP contribution in [0.25, 0.3) is 0 Å². The molecule has 1 N–H and O–H groups in total. The Morgan fingerprint density at radius 2 is 1.92 bits per heavy atom. The van der Waals surface area contributed by atoms with Crippen molar-refractivity contribution in [3.8, 4) is 5.88 Å². The molecule has 0 aliphatic carbocycles. The van der Waals surface area contributed by atoms with Crippen LogP contribution in [-0.4, -0.2) is 40.8 Å². The summed E-state index contributed by atoms with van der Waals surface area (Å²) in [5.74, 6) is 0.662. The second-order valence-electron chi connectivity index (χ2n) is 6.54. The summed E-state index contributed by atoms with van der Waals surface area (Å²) in [6, 6.07) is 9.74. The molecule has 6 nitrogen and oxygen atoms in total. The van der Waals surface area contributed by atoms with Crippen LogP contribution in [0.2, 0.25) is 0 Å². The van der Waals surface area contributed by atoms with Crippen molar-refractivity contribution in [1.82, 2.24) is 20.4 Å². The van der Waals surface area contributed by atoms with Crippen LogP contribution in [0, 0.1) is 18.7 Å². The molecule has 2 amide bonds. The molecular weight excluding hydrogens is 335 g/mol. The minimum absolute atomic E-state index is 0.0851. The number of ether oxygens (including phenoxy) is 1. The Morgan fingerprint density at radius 1 is 1.19 bits per heavy atom. The first-order chi connectivity index (χ1) is 12.6. The first kappa shape index (κ1) is 18.1. The summed E-state index contributed by atoms with van der Waals surface area (Å²) in [5.41, 5.74) is 1.74. The lowest BCUT2D eigenvalue weighted by Crippen LogP contribution is -2.44. The van der Waals surface area contributed by atoms with Crippen LogP contribution >= 0.6 is 0 Å². The van der Waals surface area contributed by atoms with Gasteiger partial charge in [0.05, 0.1) is 12.3 Å². The maximum absolute atomic E-state index is 12.9. The topological polar surface area (TPSA) is 67.3 Å². The van der Waals surface area contributed by atoms with Gasteiger partial charge in [-0.15, -0.1) is 5.10 Å². The molecule has 1 aromatic carbocycles. The molecule has 0 atom stereocenters. The maximum atomic E-state index is 12.9. The summed E-state index contributed by atoms with van der Waals surface area (Å²) < 4.78 is 18.6. The van der Waals surface area contributed by atoms with Gasteiger partial charge in [0.2, 0.25) is 5.88 Å². The number of amides is 2. The highest BCUT2D eigenvalue weighted by atomic mass is 19.1. The van der Waals surface area contributed by atoms with Crippen molar-refractivity contribution in [1.29, 1.82) is 0 Å². The van der Waals surface area contributed by atoms with E-state index in [9.17, 15) is 9.18 Å². The minimum Gasteiger partial charge on any atom is -0.476 e. The summed E-state index contributed by atoms with van der Waals surface area (Å²) in [7, 11) is 0. The van der Waals surface area contributed by atoms with Crippen LogP contribution in [0.15, 0.2) is 36.4 Å². The van der Waals surface area contributed by atoms with E-state index in [0.29, 0.717) is 38.0 Å². The Bertz CT molecular complexity index is 713. The second-order valence-corrected chi connectivity index (χ2v) is 6.54. The van der Waals surface area contributed by atoms with Gasteiger partial charge in [0.25, 0.3) is 0 Å². The summed E-state index contributed by atoms with van der Waals surface area (Å²) in [4.78, 5) is 14.1. The van der Waals surface area contributed by atoms with Crippen LogP contribution in [-0.2, 0) is 6.54 Å². The van der Waals surface area contributed by atoms with Gasteiger partial charge in [-0.3, -0.25) is 0 Å². The van der Waals surface area contributed by atoms with Crippen LogP contribution in [0.1, 0.15) is 24.1 Å². The summed E-state index contributed by atoms with van der Waals surface area (Å²) in [5, 5.41) is 10.8. The van der Waals surface area contributed by atoms with Gasteiger partial charge in [-0.25, -0.2) is 9.18 Å². The van der Waals surface area contributed by atoms with Crippen LogP contribution in [0.3, 0.4) is 0 Å². The van der Waals surface area contributed by atoms with E-state index in [0.717, 1.165) is 24.1 Å². The molecule has 1 aromatic heterocycles. The van der Waals surface area contributed by atoms with Crippen LogP contribution in [0.4, 0.5) is 9.18 Å². The van der Waals surface area contributed by atoms with Crippen molar-refractivity contribution in [2.75, 3.05) is 19.7 Å². The molecule has 0 spiro atoms. The number of piperidine rings is 1. The first-order valence-electron chi connectivity index (χ1n) is 8.80. The predicted molar refractivity (Wildman–Crippen MR) is 95.2 cm³/mol. The van der Waals surface area contributed by atoms with E-state index in [1.165, 1.54) is 12.1 Å². The van der Waals surface area contributed by atoms with Crippen molar-refractivity contribution in [2.45, 2.75) is 26.3 Å². The highest BCUT2D eigenvalue weighted by Crippen LogP contribution is 2.18. The monoisotopic (exact) mass is 358 g/mol. The van der Waals surface area contributed by atoms with Crippen molar-refractivity contribution in [3.05, 3.63) is 53.5 Å². The van der Waals surface area contributed by atoms with Gasteiger partial charge in [0.15, 0.2) is 0 Å². The normalized spacial score (nSPS) is 14.9. The van der Waals surface area contributed by atoms with Crippen molar-refractivity contribution in [3.63, 3.8) is 0 Å². The zero-order chi connectivity index (χ0) is 18.4.